The predicted molar refractivity (Wildman–Crippen MR) is 98.2 cm³/mol. The molecule has 6 nitrogen and oxygen atoms in total. The highest BCUT2D eigenvalue weighted by molar-refractivity contribution is 5.78. The molecule has 2 heterocycles. The summed E-state index contributed by atoms with van der Waals surface area (Å²) < 4.78 is 1.76. The van der Waals surface area contributed by atoms with Crippen LogP contribution in [0.5, 0.6) is 0 Å². The largest absolute Gasteiger partial charge is 0.393 e. The SMILES string of the molecule is Cn1cc(C(NC(=O)CN2CCc3ccccc3C2)C2CC(O)C2)cn1. The van der Waals surface area contributed by atoms with E-state index in [2.05, 4.69) is 39.6 Å². The van der Waals surface area contributed by atoms with E-state index in [0.29, 0.717) is 6.54 Å². The average Bonchev–Trinajstić information content (AvgIpc) is 3.03. The molecule has 0 spiro atoms. The molecule has 138 valence electrons. The molecule has 2 N–H and O–H groups in total. The van der Waals surface area contributed by atoms with E-state index >= 15 is 0 Å². The van der Waals surface area contributed by atoms with Crippen molar-refractivity contribution < 1.29 is 9.90 Å². The van der Waals surface area contributed by atoms with Crippen molar-refractivity contribution in [2.24, 2.45) is 13.0 Å². The standard InChI is InChI=1S/C20H26N4O2/c1-23-11-17(10-21-23)20(16-8-18(25)9-16)22-19(26)13-24-7-6-14-4-2-3-5-15(14)12-24/h2-5,10-11,16,18,20,25H,6-9,12-13H2,1H3,(H,22,26). The van der Waals surface area contributed by atoms with Gasteiger partial charge in [-0.05, 0) is 36.3 Å². The minimum absolute atomic E-state index is 0.0413. The molecule has 0 radical (unpaired) electrons. The van der Waals surface area contributed by atoms with E-state index < -0.39 is 0 Å². The molecule has 4 rings (SSSR count). The van der Waals surface area contributed by atoms with Crippen LogP contribution in [0.3, 0.4) is 0 Å². The molecule has 1 aromatic heterocycles. The molecule has 1 atom stereocenters. The summed E-state index contributed by atoms with van der Waals surface area (Å²) in [6, 6.07) is 8.38. The molecule has 2 aliphatic rings. The van der Waals surface area contributed by atoms with E-state index in [0.717, 1.165) is 37.9 Å². The Morgan fingerprint density at radius 2 is 2.12 bits per heavy atom. The molecule has 1 aliphatic heterocycles. The summed E-state index contributed by atoms with van der Waals surface area (Å²) in [6.07, 6.45) is 5.98. The topological polar surface area (TPSA) is 70.4 Å². The number of benzene rings is 1. The number of rotatable bonds is 5. The van der Waals surface area contributed by atoms with Gasteiger partial charge in [-0.3, -0.25) is 14.4 Å². The lowest BCUT2D eigenvalue weighted by Crippen LogP contribution is -2.45. The molecule has 1 amide bonds. The zero-order chi connectivity index (χ0) is 18.1. The first-order chi connectivity index (χ1) is 12.6. The second kappa shape index (κ2) is 7.21. The zero-order valence-electron chi connectivity index (χ0n) is 15.1. The van der Waals surface area contributed by atoms with Gasteiger partial charge in [0.25, 0.3) is 0 Å². The van der Waals surface area contributed by atoms with E-state index in [-0.39, 0.29) is 24.0 Å². The number of hydrogen-bond acceptors (Lipinski definition) is 4. The number of carbonyl (C=O) groups excluding carboxylic acids is 1. The van der Waals surface area contributed by atoms with Gasteiger partial charge in [-0.25, -0.2) is 0 Å². The summed E-state index contributed by atoms with van der Waals surface area (Å²) in [6.45, 7) is 2.13. The Bertz CT molecular complexity index is 782. The predicted octanol–water partition coefficient (Wildman–Crippen LogP) is 1.41. The highest BCUT2D eigenvalue weighted by atomic mass is 16.3. The second-order valence-electron chi connectivity index (χ2n) is 7.61. The molecule has 0 bridgehead atoms. The van der Waals surface area contributed by atoms with Crippen molar-refractivity contribution in [3.63, 3.8) is 0 Å². The van der Waals surface area contributed by atoms with Gasteiger partial charge in [0.15, 0.2) is 0 Å². The van der Waals surface area contributed by atoms with Crippen LogP contribution in [0.15, 0.2) is 36.7 Å². The molecule has 1 fully saturated rings. The number of aromatic nitrogens is 2. The fourth-order valence-electron chi connectivity index (χ4n) is 4.09. The maximum Gasteiger partial charge on any atom is 0.234 e. The molecule has 1 aromatic carbocycles. The molecule has 1 aliphatic carbocycles. The van der Waals surface area contributed by atoms with Crippen LogP contribution in [0, 0.1) is 5.92 Å². The van der Waals surface area contributed by atoms with Crippen LogP contribution in [-0.4, -0.2) is 44.9 Å². The summed E-state index contributed by atoms with van der Waals surface area (Å²) in [5.74, 6) is 0.319. The summed E-state index contributed by atoms with van der Waals surface area (Å²) >= 11 is 0. The number of nitrogens with zero attached hydrogens (tertiary/aromatic N) is 3. The first-order valence-corrected chi connectivity index (χ1v) is 9.33. The lowest BCUT2D eigenvalue weighted by atomic mass is 9.75. The fourth-order valence-corrected chi connectivity index (χ4v) is 4.09. The number of fused-ring (bicyclic) bond motifs is 1. The van der Waals surface area contributed by atoms with Crippen molar-refractivity contribution in [3.8, 4) is 0 Å². The molecular weight excluding hydrogens is 328 g/mol. The van der Waals surface area contributed by atoms with Gasteiger partial charge in [0.2, 0.25) is 5.91 Å². The van der Waals surface area contributed by atoms with E-state index in [1.54, 1.807) is 4.68 Å². The van der Waals surface area contributed by atoms with E-state index in [4.69, 9.17) is 0 Å². The van der Waals surface area contributed by atoms with Gasteiger partial charge in [0, 0.05) is 31.9 Å². The highest BCUT2D eigenvalue weighted by Crippen LogP contribution is 2.37. The Kier molecular flexibility index (Phi) is 4.78. The van der Waals surface area contributed by atoms with E-state index in [1.165, 1.54) is 11.1 Å². The molecule has 6 heteroatoms. The van der Waals surface area contributed by atoms with Crippen molar-refractivity contribution >= 4 is 5.91 Å². The number of nitrogens with one attached hydrogen (secondary N) is 1. The minimum Gasteiger partial charge on any atom is -0.393 e. The van der Waals surface area contributed by atoms with Crippen LogP contribution in [0.4, 0.5) is 0 Å². The summed E-state index contributed by atoms with van der Waals surface area (Å²) in [5.41, 5.74) is 3.72. The van der Waals surface area contributed by atoms with Crippen LogP contribution >= 0.6 is 0 Å². The van der Waals surface area contributed by atoms with Crippen LogP contribution in [0.1, 0.15) is 35.6 Å². The molecular formula is C20H26N4O2. The summed E-state index contributed by atoms with van der Waals surface area (Å²) in [4.78, 5) is 14.9. The number of aliphatic hydroxyl groups is 1. The molecule has 2 aromatic rings. The van der Waals surface area contributed by atoms with Crippen LogP contribution < -0.4 is 5.32 Å². The number of aryl methyl sites for hydroxylation is 1. The third-order valence-electron chi connectivity index (χ3n) is 5.60. The maximum absolute atomic E-state index is 12.7. The third kappa shape index (κ3) is 3.66. The zero-order valence-corrected chi connectivity index (χ0v) is 15.1. The highest BCUT2D eigenvalue weighted by Gasteiger charge is 2.36. The lowest BCUT2D eigenvalue weighted by Gasteiger charge is -2.38. The van der Waals surface area contributed by atoms with E-state index in [9.17, 15) is 9.90 Å². The van der Waals surface area contributed by atoms with Crippen molar-refractivity contribution in [1.82, 2.24) is 20.0 Å². The third-order valence-corrected chi connectivity index (χ3v) is 5.60. The van der Waals surface area contributed by atoms with Gasteiger partial charge in [-0.1, -0.05) is 24.3 Å². The van der Waals surface area contributed by atoms with Gasteiger partial charge >= 0.3 is 0 Å². The van der Waals surface area contributed by atoms with E-state index in [1.807, 2.05) is 19.4 Å². The Morgan fingerprint density at radius 3 is 2.81 bits per heavy atom. The fraction of sp³-hybridized carbons (Fsp3) is 0.500. The summed E-state index contributed by atoms with van der Waals surface area (Å²) in [7, 11) is 1.88. The van der Waals surface area contributed by atoms with Crippen molar-refractivity contribution in [3.05, 3.63) is 53.3 Å². The van der Waals surface area contributed by atoms with Crippen molar-refractivity contribution in [2.45, 2.75) is 38.0 Å². The van der Waals surface area contributed by atoms with Gasteiger partial charge in [-0.2, -0.15) is 5.10 Å². The monoisotopic (exact) mass is 354 g/mol. The van der Waals surface area contributed by atoms with Crippen LogP contribution in [-0.2, 0) is 24.8 Å². The van der Waals surface area contributed by atoms with Gasteiger partial charge in [0.1, 0.15) is 0 Å². The molecule has 0 saturated heterocycles. The number of aliphatic hydroxyl groups excluding tert-OH is 1. The molecule has 26 heavy (non-hydrogen) atoms. The normalized spacial score (nSPS) is 23.8. The molecule has 1 saturated carbocycles. The number of hydrogen-bond donors (Lipinski definition) is 2. The average molecular weight is 354 g/mol. The smallest absolute Gasteiger partial charge is 0.234 e. The molecule has 1 unspecified atom stereocenters. The quantitative estimate of drug-likeness (QED) is 0.852. The van der Waals surface area contributed by atoms with Gasteiger partial charge < -0.3 is 10.4 Å². The maximum atomic E-state index is 12.7. The Balaban J connectivity index is 1.39. The lowest BCUT2D eigenvalue weighted by molar-refractivity contribution is -0.124. The van der Waals surface area contributed by atoms with Gasteiger partial charge in [0.05, 0.1) is 24.9 Å². The first kappa shape index (κ1) is 17.2. The first-order valence-electron chi connectivity index (χ1n) is 9.33. The van der Waals surface area contributed by atoms with Crippen LogP contribution in [0.25, 0.3) is 0 Å². The Morgan fingerprint density at radius 1 is 1.35 bits per heavy atom. The number of carbonyl (C=O) groups is 1. The number of amides is 1. The second-order valence-corrected chi connectivity index (χ2v) is 7.61. The Hall–Kier alpha value is -2.18. The Labute approximate surface area is 153 Å². The van der Waals surface area contributed by atoms with Gasteiger partial charge in [-0.15, -0.1) is 0 Å². The van der Waals surface area contributed by atoms with Crippen molar-refractivity contribution in [2.75, 3.05) is 13.1 Å². The summed E-state index contributed by atoms with van der Waals surface area (Å²) in [5, 5.41) is 17.1. The van der Waals surface area contributed by atoms with Crippen LogP contribution in [0.2, 0.25) is 0 Å². The van der Waals surface area contributed by atoms with Crippen molar-refractivity contribution in [1.29, 1.82) is 0 Å². The minimum atomic E-state index is -0.241.